The maximum Gasteiger partial charge on any atom is 0.116 e. The second kappa shape index (κ2) is 11.6. The zero-order valence-corrected chi connectivity index (χ0v) is 20.9. The van der Waals surface area contributed by atoms with Crippen LogP contribution in [-0.4, -0.2) is 70.8 Å². The van der Waals surface area contributed by atoms with Crippen molar-refractivity contribution in [2.24, 2.45) is 5.92 Å². The lowest BCUT2D eigenvalue weighted by Crippen LogP contribution is -2.55. The summed E-state index contributed by atoms with van der Waals surface area (Å²) in [6.45, 7) is 4.97. The highest BCUT2D eigenvalue weighted by Gasteiger charge is 2.43. The summed E-state index contributed by atoms with van der Waals surface area (Å²) in [5.41, 5.74) is 3.43. The molecule has 3 aromatic carbocycles. The molecular weight excluding hydrogens is 450 g/mol. The molecule has 190 valence electrons. The lowest BCUT2D eigenvalue weighted by molar-refractivity contribution is -0.101. The Morgan fingerprint density at radius 1 is 0.750 bits per heavy atom. The summed E-state index contributed by atoms with van der Waals surface area (Å²) in [5, 5.41) is 21.1. The molecule has 5 rings (SSSR count). The highest BCUT2D eigenvalue weighted by atomic mass is 16.5. The molecule has 6 heteroatoms. The molecule has 0 amide bonds. The fraction of sp³-hybridized carbons (Fsp3) is 0.400. The number of ether oxygens (including phenoxy) is 1. The molecule has 2 fully saturated rings. The van der Waals surface area contributed by atoms with Gasteiger partial charge in [-0.1, -0.05) is 97.9 Å². The topological polar surface area (TPSA) is 59.4 Å². The van der Waals surface area contributed by atoms with Crippen LogP contribution in [0.4, 0.5) is 0 Å². The minimum atomic E-state index is -0.171. The minimum Gasteiger partial charge on any atom is -0.394 e. The Balaban J connectivity index is 1.51. The predicted octanol–water partition coefficient (Wildman–Crippen LogP) is 4.02. The third kappa shape index (κ3) is 5.25. The van der Waals surface area contributed by atoms with Crippen LogP contribution in [0.15, 0.2) is 91.0 Å². The third-order valence-corrected chi connectivity index (χ3v) is 7.65. The Kier molecular flexibility index (Phi) is 8.12. The van der Waals surface area contributed by atoms with E-state index < -0.39 is 0 Å². The Bertz CT molecular complexity index is 1070. The molecule has 1 unspecified atom stereocenters. The minimum absolute atomic E-state index is 0.0118. The van der Waals surface area contributed by atoms with Gasteiger partial charge < -0.3 is 14.9 Å². The molecule has 5 atom stereocenters. The van der Waals surface area contributed by atoms with Gasteiger partial charge in [-0.3, -0.25) is 14.7 Å². The highest BCUT2D eigenvalue weighted by molar-refractivity contribution is 5.23. The fourth-order valence-electron chi connectivity index (χ4n) is 5.83. The van der Waals surface area contributed by atoms with Crippen LogP contribution in [-0.2, 0) is 4.74 Å². The number of hydrogen-bond donors (Lipinski definition) is 2. The van der Waals surface area contributed by atoms with Crippen LogP contribution in [0.1, 0.15) is 41.7 Å². The number of hydrogen-bond acceptors (Lipinski definition) is 6. The Morgan fingerprint density at radius 3 is 1.83 bits per heavy atom. The van der Waals surface area contributed by atoms with E-state index in [1.165, 1.54) is 5.56 Å². The Labute approximate surface area is 214 Å². The van der Waals surface area contributed by atoms with E-state index in [1.807, 2.05) is 42.5 Å². The van der Waals surface area contributed by atoms with Crippen LogP contribution < -0.4 is 0 Å². The smallest absolute Gasteiger partial charge is 0.116 e. The van der Waals surface area contributed by atoms with E-state index >= 15 is 0 Å². The van der Waals surface area contributed by atoms with Crippen molar-refractivity contribution >= 4 is 0 Å². The highest BCUT2D eigenvalue weighted by Crippen LogP contribution is 2.38. The lowest BCUT2D eigenvalue weighted by atomic mass is 10.00. The molecule has 0 saturated carbocycles. The Morgan fingerprint density at radius 2 is 1.28 bits per heavy atom. The first-order chi connectivity index (χ1) is 17.7. The van der Waals surface area contributed by atoms with E-state index in [0.29, 0.717) is 19.9 Å². The van der Waals surface area contributed by atoms with Crippen molar-refractivity contribution < 1.29 is 14.9 Å². The van der Waals surface area contributed by atoms with Crippen LogP contribution in [0, 0.1) is 5.92 Å². The molecule has 6 nitrogen and oxygen atoms in total. The maximum atomic E-state index is 10.6. The Hall–Kier alpha value is -2.58. The van der Waals surface area contributed by atoms with Gasteiger partial charge in [0.25, 0.3) is 0 Å². The molecule has 0 aliphatic carbocycles. The van der Waals surface area contributed by atoms with Crippen LogP contribution >= 0.6 is 0 Å². The van der Waals surface area contributed by atoms with Crippen LogP contribution in [0.2, 0.25) is 0 Å². The molecule has 0 radical (unpaired) electrons. The van der Waals surface area contributed by atoms with Crippen molar-refractivity contribution in [3.63, 3.8) is 0 Å². The normalized spacial score (nSPS) is 25.6. The summed E-state index contributed by atoms with van der Waals surface area (Å²) in [7, 11) is 0. The van der Waals surface area contributed by atoms with Gasteiger partial charge in [0.1, 0.15) is 6.23 Å². The summed E-state index contributed by atoms with van der Waals surface area (Å²) in [5.74, 6) is 0.239. The van der Waals surface area contributed by atoms with Gasteiger partial charge in [-0.05, 0) is 16.7 Å². The standard InChI is InChI=1S/C30H37N3O3/c1-23-17-31(27(18-34)24-11-5-2-6-12-24)21-32(28(19-35)25-13-7-3-8-14-25)22-33-29(20-36-30(23)33)26-15-9-4-10-16-26/h2-16,23,27-30,34-35H,17-22H2,1H3/t23-,27-,28-,29-,30?/m1/s1. The third-order valence-electron chi connectivity index (χ3n) is 7.65. The molecule has 2 aliphatic rings. The van der Waals surface area contributed by atoms with E-state index in [2.05, 4.69) is 70.2 Å². The largest absolute Gasteiger partial charge is 0.394 e. The number of aliphatic hydroxyl groups excluding tert-OH is 2. The fourth-order valence-corrected chi connectivity index (χ4v) is 5.83. The second-order valence-corrected chi connectivity index (χ2v) is 10.0. The first-order valence-corrected chi connectivity index (χ1v) is 12.9. The van der Waals surface area contributed by atoms with E-state index in [1.54, 1.807) is 0 Å². The van der Waals surface area contributed by atoms with E-state index in [4.69, 9.17) is 4.74 Å². The first kappa shape index (κ1) is 25.1. The van der Waals surface area contributed by atoms with Crippen molar-refractivity contribution in [2.45, 2.75) is 31.3 Å². The average molecular weight is 488 g/mol. The van der Waals surface area contributed by atoms with Gasteiger partial charge in [0.05, 0.1) is 51.3 Å². The molecule has 36 heavy (non-hydrogen) atoms. The lowest BCUT2D eigenvalue weighted by Gasteiger charge is -2.46. The number of rotatable bonds is 7. The second-order valence-electron chi connectivity index (χ2n) is 10.0. The molecule has 0 spiro atoms. The number of nitrogens with zero attached hydrogens (tertiary/aromatic N) is 3. The zero-order chi connectivity index (χ0) is 24.9. The van der Waals surface area contributed by atoms with Gasteiger partial charge in [0.15, 0.2) is 0 Å². The van der Waals surface area contributed by atoms with E-state index in [9.17, 15) is 10.2 Å². The van der Waals surface area contributed by atoms with Crippen molar-refractivity contribution in [1.29, 1.82) is 0 Å². The SMILES string of the molecule is C[C@@H]1CN([C@H](CO)c2ccccc2)CN([C@H](CO)c2ccccc2)CN2C1OC[C@@H]2c1ccccc1. The van der Waals surface area contributed by atoms with Crippen molar-refractivity contribution in [3.05, 3.63) is 108 Å². The van der Waals surface area contributed by atoms with E-state index in [0.717, 1.165) is 17.7 Å². The van der Waals surface area contributed by atoms with Crippen LogP contribution in [0.5, 0.6) is 0 Å². The van der Waals surface area contributed by atoms with Gasteiger partial charge in [-0.2, -0.15) is 0 Å². The van der Waals surface area contributed by atoms with Gasteiger partial charge >= 0.3 is 0 Å². The monoisotopic (exact) mass is 487 g/mol. The number of aliphatic hydroxyl groups is 2. The summed E-state index contributed by atoms with van der Waals surface area (Å²) in [6.07, 6.45) is -0.0502. The quantitative estimate of drug-likeness (QED) is 0.525. The summed E-state index contributed by atoms with van der Waals surface area (Å²) in [6, 6.07) is 30.9. The maximum absolute atomic E-state index is 10.6. The van der Waals surface area contributed by atoms with E-state index in [-0.39, 0.29) is 43.5 Å². The molecule has 2 N–H and O–H groups in total. The molecule has 3 aromatic rings. The summed E-state index contributed by atoms with van der Waals surface area (Å²) >= 11 is 0. The van der Waals surface area contributed by atoms with Crippen molar-refractivity contribution in [3.8, 4) is 0 Å². The summed E-state index contributed by atoms with van der Waals surface area (Å²) < 4.78 is 6.45. The van der Waals surface area contributed by atoms with Gasteiger partial charge in [-0.25, -0.2) is 0 Å². The number of benzene rings is 3. The predicted molar refractivity (Wildman–Crippen MR) is 141 cm³/mol. The molecule has 2 aliphatic heterocycles. The summed E-state index contributed by atoms with van der Waals surface area (Å²) in [4.78, 5) is 7.14. The van der Waals surface area contributed by atoms with Gasteiger partial charge in [0, 0.05) is 12.5 Å². The molecule has 2 saturated heterocycles. The average Bonchev–Trinajstić information content (AvgIpc) is 3.33. The van der Waals surface area contributed by atoms with Gasteiger partial charge in [-0.15, -0.1) is 0 Å². The molecule has 0 bridgehead atoms. The van der Waals surface area contributed by atoms with Crippen LogP contribution in [0.25, 0.3) is 0 Å². The van der Waals surface area contributed by atoms with Crippen molar-refractivity contribution in [2.75, 3.05) is 39.7 Å². The molecule has 2 heterocycles. The first-order valence-electron chi connectivity index (χ1n) is 12.9. The molecule has 0 aromatic heterocycles. The van der Waals surface area contributed by atoms with Gasteiger partial charge in [0.2, 0.25) is 0 Å². The zero-order valence-electron chi connectivity index (χ0n) is 20.9. The van der Waals surface area contributed by atoms with Crippen LogP contribution in [0.3, 0.4) is 0 Å². The van der Waals surface area contributed by atoms with Crippen molar-refractivity contribution in [1.82, 2.24) is 14.7 Å². The molecular formula is C30H37N3O3. The number of fused-ring (bicyclic) bond motifs is 1.